The molecule has 0 fully saturated rings. The lowest BCUT2D eigenvalue weighted by Gasteiger charge is -2.30. The van der Waals surface area contributed by atoms with Crippen LogP contribution in [0.2, 0.25) is 0 Å². The monoisotopic (exact) mass is 510 g/mol. The second-order valence-corrected chi connectivity index (χ2v) is 11.0. The second kappa shape index (κ2) is 10.7. The topological polar surface area (TPSA) is 32.7 Å². The van der Waals surface area contributed by atoms with Crippen molar-refractivity contribution in [1.29, 1.82) is 0 Å². The quantitative estimate of drug-likeness (QED) is 0.195. The fourth-order valence-electron chi connectivity index (χ4n) is 5.21. The molecule has 0 aromatic heterocycles. The van der Waals surface area contributed by atoms with E-state index in [1.165, 1.54) is 22.3 Å². The minimum atomic E-state index is -0.118. The van der Waals surface area contributed by atoms with Crippen LogP contribution in [-0.4, -0.2) is 0 Å². The van der Waals surface area contributed by atoms with Crippen LogP contribution >= 0.6 is 0 Å². The summed E-state index contributed by atoms with van der Waals surface area (Å²) in [4.78, 5) is 13.3. The van der Waals surface area contributed by atoms with Gasteiger partial charge < -0.3 is 4.90 Å². The summed E-state index contributed by atoms with van der Waals surface area (Å²) in [7, 11) is 0. The number of anilines is 3. The Kier molecular flexibility index (Phi) is 7.17. The van der Waals surface area contributed by atoms with E-state index in [9.17, 15) is 4.91 Å². The summed E-state index contributed by atoms with van der Waals surface area (Å²) in [5, 5.41) is 3.08. The molecule has 5 aromatic rings. The average Bonchev–Trinajstić information content (AvgIpc) is 2.99. The molecule has 3 heteroatoms. The molecule has 0 aliphatic heterocycles. The van der Waals surface area contributed by atoms with Gasteiger partial charge in [-0.2, -0.15) is 0 Å². The highest BCUT2D eigenvalue weighted by molar-refractivity contribution is 5.77. The van der Waals surface area contributed by atoms with Crippen LogP contribution in [0.25, 0.3) is 0 Å². The molecule has 3 nitrogen and oxygen atoms in total. The van der Waals surface area contributed by atoms with Crippen LogP contribution in [0.3, 0.4) is 0 Å². The highest BCUT2D eigenvalue weighted by Gasteiger charge is 2.25. The van der Waals surface area contributed by atoms with Gasteiger partial charge >= 0.3 is 0 Å². The molecule has 5 rings (SSSR count). The third kappa shape index (κ3) is 5.26. The summed E-state index contributed by atoms with van der Waals surface area (Å²) in [5.74, 6) is 0. The first-order valence-electron chi connectivity index (χ1n) is 13.4. The van der Waals surface area contributed by atoms with Crippen LogP contribution in [0.15, 0.2) is 139 Å². The summed E-state index contributed by atoms with van der Waals surface area (Å²) >= 11 is 0. The van der Waals surface area contributed by atoms with Crippen molar-refractivity contribution in [2.24, 2.45) is 5.18 Å². The first-order chi connectivity index (χ1) is 18.8. The summed E-state index contributed by atoms with van der Waals surface area (Å²) in [6.07, 6.45) is 0. The second-order valence-electron chi connectivity index (χ2n) is 11.0. The number of nitroso groups, excluding NO2 is 1. The zero-order valence-corrected chi connectivity index (χ0v) is 23.0. The Morgan fingerprint density at radius 2 is 0.744 bits per heavy atom. The van der Waals surface area contributed by atoms with Crippen molar-refractivity contribution in [3.8, 4) is 0 Å². The molecule has 39 heavy (non-hydrogen) atoms. The maximum atomic E-state index is 11.1. The van der Waals surface area contributed by atoms with Gasteiger partial charge in [-0.1, -0.05) is 113 Å². The fraction of sp³-hybridized carbons (Fsp3) is 0.167. The van der Waals surface area contributed by atoms with Gasteiger partial charge in [-0.25, -0.2) is 0 Å². The van der Waals surface area contributed by atoms with E-state index in [4.69, 9.17) is 0 Å². The minimum Gasteiger partial charge on any atom is -0.311 e. The number of nitrogens with zero attached hydrogens (tertiary/aromatic N) is 2. The summed E-state index contributed by atoms with van der Waals surface area (Å²) in [6.45, 7) is 9.03. The van der Waals surface area contributed by atoms with E-state index in [1.807, 2.05) is 12.1 Å². The van der Waals surface area contributed by atoms with Crippen LogP contribution in [0.5, 0.6) is 0 Å². The molecule has 0 N–H and O–H groups in total. The maximum absolute atomic E-state index is 11.1. The van der Waals surface area contributed by atoms with Gasteiger partial charge in [-0.3, -0.25) is 0 Å². The SMILES string of the molecule is CC(C)(c1ccccc1)c1ccc(N(c2ccc(N=O)cc2)c2ccc(C(C)(C)c3ccccc3)cc2)cc1. The van der Waals surface area contributed by atoms with E-state index in [2.05, 4.69) is 147 Å². The van der Waals surface area contributed by atoms with E-state index < -0.39 is 0 Å². The molecule has 0 spiro atoms. The van der Waals surface area contributed by atoms with Crippen molar-refractivity contribution in [2.45, 2.75) is 38.5 Å². The van der Waals surface area contributed by atoms with Crippen molar-refractivity contribution in [2.75, 3.05) is 4.90 Å². The Morgan fingerprint density at radius 1 is 0.436 bits per heavy atom. The van der Waals surface area contributed by atoms with Gasteiger partial charge in [0.2, 0.25) is 0 Å². The lowest BCUT2D eigenvalue weighted by Crippen LogP contribution is -2.19. The van der Waals surface area contributed by atoms with E-state index in [1.54, 1.807) is 12.1 Å². The van der Waals surface area contributed by atoms with Crippen molar-refractivity contribution in [3.05, 3.63) is 161 Å². The summed E-state index contributed by atoms with van der Waals surface area (Å²) < 4.78 is 0. The number of rotatable bonds is 8. The largest absolute Gasteiger partial charge is 0.311 e. The van der Waals surface area contributed by atoms with E-state index in [0.717, 1.165) is 17.1 Å². The van der Waals surface area contributed by atoms with Crippen molar-refractivity contribution >= 4 is 22.7 Å². The van der Waals surface area contributed by atoms with Crippen molar-refractivity contribution < 1.29 is 0 Å². The van der Waals surface area contributed by atoms with Crippen LogP contribution in [0.1, 0.15) is 49.9 Å². The first-order valence-corrected chi connectivity index (χ1v) is 13.4. The van der Waals surface area contributed by atoms with E-state index >= 15 is 0 Å². The van der Waals surface area contributed by atoms with Crippen LogP contribution in [0, 0.1) is 4.91 Å². The van der Waals surface area contributed by atoms with Gasteiger partial charge in [0.05, 0.1) is 0 Å². The molecule has 0 saturated carbocycles. The predicted molar refractivity (Wildman–Crippen MR) is 164 cm³/mol. The molecule has 0 aliphatic carbocycles. The average molecular weight is 511 g/mol. The lowest BCUT2D eigenvalue weighted by molar-refractivity contribution is 0.641. The molecule has 0 saturated heterocycles. The standard InChI is InChI=1S/C36H34N2O/c1-35(2,27-11-7-5-8-12-27)29-15-21-32(22-16-29)38(34-25-19-31(37-39)20-26-34)33-23-17-30(18-24-33)36(3,4)28-13-9-6-10-14-28/h5-26H,1-4H3. The van der Waals surface area contributed by atoms with Gasteiger partial charge in [-0.05, 0) is 76.0 Å². The lowest BCUT2D eigenvalue weighted by atomic mass is 9.78. The summed E-state index contributed by atoms with van der Waals surface area (Å²) in [6, 6.07) is 46.2. The molecular formula is C36H34N2O. The Balaban J connectivity index is 1.53. The molecule has 0 unspecified atom stereocenters. The van der Waals surface area contributed by atoms with Crippen molar-refractivity contribution in [1.82, 2.24) is 0 Å². The normalized spacial score (nSPS) is 11.7. The van der Waals surface area contributed by atoms with Gasteiger partial charge in [0.1, 0.15) is 5.69 Å². The molecule has 0 radical (unpaired) electrons. The molecule has 0 amide bonds. The smallest absolute Gasteiger partial charge is 0.108 e. The van der Waals surface area contributed by atoms with E-state index in [-0.39, 0.29) is 10.8 Å². The van der Waals surface area contributed by atoms with E-state index in [0.29, 0.717) is 5.69 Å². The zero-order chi connectivity index (χ0) is 27.5. The number of hydrogen-bond acceptors (Lipinski definition) is 3. The molecule has 0 heterocycles. The Morgan fingerprint density at radius 3 is 1.08 bits per heavy atom. The Labute approximate surface area is 231 Å². The van der Waals surface area contributed by atoms with Gasteiger partial charge in [0, 0.05) is 27.9 Å². The van der Waals surface area contributed by atoms with Gasteiger partial charge in [0.25, 0.3) is 0 Å². The molecule has 0 aliphatic rings. The highest BCUT2D eigenvalue weighted by atomic mass is 16.3. The number of benzene rings is 5. The van der Waals surface area contributed by atoms with Crippen LogP contribution < -0.4 is 4.90 Å². The highest BCUT2D eigenvalue weighted by Crippen LogP contribution is 2.39. The van der Waals surface area contributed by atoms with Crippen LogP contribution in [0.4, 0.5) is 22.7 Å². The number of hydrogen-bond donors (Lipinski definition) is 0. The Hall–Kier alpha value is -4.50. The minimum absolute atomic E-state index is 0.118. The van der Waals surface area contributed by atoms with Crippen molar-refractivity contribution in [3.63, 3.8) is 0 Å². The van der Waals surface area contributed by atoms with Crippen LogP contribution in [-0.2, 0) is 10.8 Å². The summed E-state index contributed by atoms with van der Waals surface area (Å²) in [5.41, 5.74) is 8.29. The maximum Gasteiger partial charge on any atom is 0.108 e. The molecule has 0 bridgehead atoms. The first kappa shape index (κ1) is 26.1. The third-order valence-electron chi connectivity index (χ3n) is 7.90. The molecular weight excluding hydrogens is 476 g/mol. The third-order valence-corrected chi connectivity index (χ3v) is 7.90. The zero-order valence-electron chi connectivity index (χ0n) is 23.0. The van der Waals surface area contributed by atoms with Gasteiger partial charge in [-0.15, -0.1) is 4.91 Å². The Bertz CT molecular complexity index is 1430. The predicted octanol–water partition coefficient (Wildman–Crippen LogP) is 10.2. The fourth-order valence-corrected chi connectivity index (χ4v) is 5.21. The van der Waals surface area contributed by atoms with Gasteiger partial charge in [0.15, 0.2) is 0 Å². The molecule has 5 aromatic carbocycles. The molecule has 0 atom stereocenters. The molecule has 194 valence electrons.